The van der Waals surface area contributed by atoms with Gasteiger partial charge in [-0.2, -0.15) is 0 Å². The minimum atomic E-state index is -3.88. The van der Waals surface area contributed by atoms with Crippen molar-refractivity contribution in [3.05, 3.63) is 11.8 Å². The third-order valence-corrected chi connectivity index (χ3v) is 5.76. The number of hydrogen-bond acceptors (Lipinski definition) is 6. The normalized spacial score (nSPS) is 17.6. The summed E-state index contributed by atoms with van der Waals surface area (Å²) in [5.41, 5.74) is 5.09. The van der Waals surface area contributed by atoms with Crippen LogP contribution in [0, 0.1) is 6.92 Å². The lowest BCUT2D eigenvalue weighted by atomic mass is 10.0. The highest BCUT2D eigenvalue weighted by Crippen LogP contribution is 2.27. The number of hydrogen-bond donors (Lipinski definition) is 1. The molecule has 0 saturated carbocycles. The first-order valence-corrected chi connectivity index (χ1v) is 9.29. The number of sulfonamides is 1. The largest absolute Gasteiger partial charge is 0.369 e. The van der Waals surface area contributed by atoms with Gasteiger partial charge in [0.2, 0.25) is 15.9 Å². The third-order valence-electron chi connectivity index (χ3n) is 4.03. The molecule has 8 nitrogen and oxygen atoms in total. The minimum Gasteiger partial charge on any atom is -0.369 e. The molecule has 0 aliphatic carbocycles. The fourth-order valence-corrected chi connectivity index (χ4v) is 4.43. The van der Waals surface area contributed by atoms with Crippen LogP contribution in [0.25, 0.3) is 0 Å². The first kappa shape index (κ1) is 17.7. The lowest BCUT2D eigenvalue weighted by Gasteiger charge is -2.39. The number of nitrogens with two attached hydrogens (primary N) is 1. The van der Waals surface area contributed by atoms with Crippen LogP contribution in [-0.2, 0) is 14.8 Å². The van der Waals surface area contributed by atoms with E-state index >= 15 is 0 Å². The molecule has 1 aliphatic rings. The summed E-state index contributed by atoms with van der Waals surface area (Å²) in [5.74, 6) is -0.885. The number of likely N-dealkylation sites (tertiary alicyclic amines) is 1. The summed E-state index contributed by atoms with van der Waals surface area (Å²) < 4.78 is 31.4. The van der Waals surface area contributed by atoms with Crippen LogP contribution >= 0.6 is 0 Å². The van der Waals surface area contributed by atoms with Gasteiger partial charge in [0.1, 0.15) is 11.5 Å². The Labute approximate surface area is 136 Å². The molecule has 0 aromatic carbocycles. The van der Waals surface area contributed by atoms with E-state index < -0.39 is 21.7 Å². The van der Waals surface area contributed by atoms with Crippen molar-refractivity contribution < 1.29 is 17.7 Å². The van der Waals surface area contributed by atoms with Crippen molar-refractivity contribution in [2.24, 2.45) is 5.73 Å². The minimum absolute atomic E-state index is 0.215. The van der Waals surface area contributed by atoms with Crippen molar-refractivity contribution >= 4 is 21.7 Å². The van der Waals surface area contributed by atoms with Gasteiger partial charge in [-0.05, 0) is 33.6 Å². The molecule has 23 heavy (non-hydrogen) atoms. The molecule has 1 aromatic heterocycles. The fraction of sp³-hybridized carbons (Fsp3) is 0.714. The Hall–Kier alpha value is -1.61. The maximum Gasteiger partial charge on any atom is 0.245 e. The average molecular weight is 344 g/mol. The molecule has 2 rings (SSSR count). The number of amides is 1. The van der Waals surface area contributed by atoms with E-state index in [0.717, 1.165) is 13.1 Å². The van der Waals surface area contributed by atoms with Gasteiger partial charge < -0.3 is 15.2 Å². The van der Waals surface area contributed by atoms with E-state index in [1.54, 1.807) is 13.0 Å². The molecule has 1 amide bonds. The summed E-state index contributed by atoms with van der Waals surface area (Å²) >= 11 is 0. The summed E-state index contributed by atoms with van der Waals surface area (Å²) in [7, 11) is -3.88. The van der Waals surface area contributed by atoms with Crippen LogP contribution in [0.4, 0.5) is 5.82 Å². The van der Waals surface area contributed by atoms with Crippen molar-refractivity contribution in [2.45, 2.75) is 45.7 Å². The number of anilines is 1. The predicted octanol–water partition coefficient (Wildman–Crippen LogP) is 0.477. The highest BCUT2D eigenvalue weighted by Gasteiger charge is 2.36. The zero-order valence-corrected chi connectivity index (χ0v) is 14.5. The van der Waals surface area contributed by atoms with Gasteiger partial charge in [0.25, 0.3) is 0 Å². The number of rotatable bonds is 6. The van der Waals surface area contributed by atoms with Gasteiger partial charge in [0, 0.05) is 31.2 Å². The van der Waals surface area contributed by atoms with Crippen LogP contribution in [0.15, 0.2) is 10.6 Å². The highest BCUT2D eigenvalue weighted by atomic mass is 32.2. The zero-order chi connectivity index (χ0) is 17.2. The topological polar surface area (TPSA) is 110 Å². The Morgan fingerprint density at radius 2 is 2.09 bits per heavy atom. The lowest BCUT2D eigenvalue weighted by molar-refractivity contribution is -0.115. The summed E-state index contributed by atoms with van der Waals surface area (Å²) in [6, 6.07) is 1.73. The van der Waals surface area contributed by atoms with E-state index in [1.807, 2.05) is 0 Å². The van der Waals surface area contributed by atoms with E-state index in [-0.39, 0.29) is 11.9 Å². The first-order valence-electron chi connectivity index (χ1n) is 7.68. The summed E-state index contributed by atoms with van der Waals surface area (Å²) in [6.45, 7) is 7.51. The van der Waals surface area contributed by atoms with Crippen LogP contribution < -0.4 is 10.0 Å². The number of aromatic nitrogens is 1. The van der Waals surface area contributed by atoms with Crippen molar-refractivity contribution in [2.75, 3.05) is 23.1 Å². The van der Waals surface area contributed by atoms with E-state index in [0.29, 0.717) is 24.6 Å². The molecule has 0 bridgehead atoms. The number of primary amides is 1. The molecule has 2 heterocycles. The quantitative estimate of drug-likeness (QED) is 0.803. The van der Waals surface area contributed by atoms with Gasteiger partial charge in [-0.1, -0.05) is 5.16 Å². The summed E-state index contributed by atoms with van der Waals surface area (Å²) in [5, 5.41) is 3.83. The second kappa shape index (κ2) is 6.88. The molecule has 1 aliphatic heterocycles. The van der Waals surface area contributed by atoms with Crippen molar-refractivity contribution in [3.63, 3.8) is 0 Å². The molecule has 1 saturated heterocycles. The predicted molar refractivity (Wildman–Crippen MR) is 86.4 cm³/mol. The van der Waals surface area contributed by atoms with Crippen LogP contribution in [0.5, 0.6) is 0 Å². The van der Waals surface area contributed by atoms with Crippen LogP contribution in [0.3, 0.4) is 0 Å². The SMILES string of the molecule is Cc1cc(N(C2CCN(C(C)C)CC2)S(=O)(=O)CC(N)=O)no1. The van der Waals surface area contributed by atoms with Gasteiger partial charge in [0.05, 0.1) is 0 Å². The average Bonchev–Trinajstić information content (AvgIpc) is 2.83. The Morgan fingerprint density at radius 3 is 2.52 bits per heavy atom. The molecular formula is C14H24N4O4S. The van der Waals surface area contributed by atoms with Gasteiger partial charge in [-0.3, -0.25) is 4.79 Å². The van der Waals surface area contributed by atoms with E-state index in [4.69, 9.17) is 10.3 Å². The summed E-state index contributed by atoms with van der Waals surface area (Å²) in [6.07, 6.45) is 1.34. The number of piperidine rings is 1. The van der Waals surface area contributed by atoms with Gasteiger partial charge in [-0.15, -0.1) is 0 Å². The van der Waals surface area contributed by atoms with Gasteiger partial charge in [-0.25, -0.2) is 12.7 Å². The Morgan fingerprint density at radius 1 is 1.48 bits per heavy atom. The lowest BCUT2D eigenvalue weighted by Crippen LogP contribution is -2.50. The van der Waals surface area contributed by atoms with E-state index in [9.17, 15) is 13.2 Å². The number of carbonyl (C=O) groups excluding carboxylic acids is 1. The number of aryl methyl sites for hydroxylation is 1. The zero-order valence-electron chi connectivity index (χ0n) is 13.7. The summed E-state index contributed by atoms with van der Waals surface area (Å²) in [4.78, 5) is 13.4. The van der Waals surface area contributed by atoms with Gasteiger partial charge in [0.15, 0.2) is 5.82 Å². The van der Waals surface area contributed by atoms with Crippen LogP contribution in [0.1, 0.15) is 32.4 Å². The molecule has 0 unspecified atom stereocenters. The smallest absolute Gasteiger partial charge is 0.245 e. The molecule has 130 valence electrons. The van der Waals surface area contributed by atoms with Crippen LogP contribution in [-0.4, -0.2) is 55.3 Å². The Balaban J connectivity index is 2.27. The molecular weight excluding hydrogens is 320 g/mol. The third kappa shape index (κ3) is 4.23. The molecule has 2 N–H and O–H groups in total. The number of nitrogens with zero attached hydrogens (tertiary/aromatic N) is 3. The Kier molecular flexibility index (Phi) is 5.30. The van der Waals surface area contributed by atoms with E-state index in [2.05, 4.69) is 23.9 Å². The van der Waals surface area contributed by atoms with Crippen molar-refractivity contribution in [1.82, 2.24) is 10.1 Å². The van der Waals surface area contributed by atoms with Crippen molar-refractivity contribution in [1.29, 1.82) is 0 Å². The second-order valence-electron chi connectivity index (χ2n) is 6.18. The second-order valence-corrected chi connectivity index (χ2v) is 8.02. The maximum absolute atomic E-state index is 12.6. The molecule has 0 atom stereocenters. The first-order chi connectivity index (χ1) is 10.7. The van der Waals surface area contributed by atoms with Crippen molar-refractivity contribution in [3.8, 4) is 0 Å². The molecule has 1 fully saturated rings. The molecule has 1 aromatic rings. The fourth-order valence-electron chi connectivity index (χ4n) is 2.90. The van der Waals surface area contributed by atoms with E-state index in [1.165, 1.54) is 4.31 Å². The highest BCUT2D eigenvalue weighted by molar-refractivity contribution is 7.93. The molecule has 9 heteroatoms. The standard InChI is InChI=1S/C14H24N4O4S/c1-10(2)17-6-4-12(5-7-17)18(14-8-11(3)22-16-14)23(20,21)9-13(15)19/h8,10,12H,4-7,9H2,1-3H3,(H2,15,19). The van der Waals surface area contributed by atoms with Crippen LogP contribution in [0.2, 0.25) is 0 Å². The Bertz CT molecular complexity index is 647. The maximum atomic E-state index is 12.6. The molecule has 0 radical (unpaired) electrons. The van der Waals surface area contributed by atoms with Gasteiger partial charge >= 0.3 is 0 Å². The number of carbonyl (C=O) groups is 1. The molecule has 0 spiro atoms. The monoisotopic (exact) mass is 344 g/mol.